The Kier molecular flexibility index (Phi) is 10.5. The monoisotopic (exact) mass is 1090 g/mol. The molecule has 15 aromatic rings. The molecule has 0 radical (unpaired) electrons. The van der Waals surface area contributed by atoms with Gasteiger partial charge < -0.3 is 23.0 Å². The van der Waals surface area contributed by atoms with E-state index < -0.39 is 0 Å². The molecule has 2 saturated carbocycles. The molecule has 0 unspecified atom stereocenters. The van der Waals surface area contributed by atoms with Crippen LogP contribution < -0.4 is 9.80 Å². The van der Waals surface area contributed by atoms with Crippen molar-refractivity contribution >= 4 is 127 Å². The van der Waals surface area contributed by atoms with Crippen LogP contribution in [0.25, 0.3) is 104 Å². The van der Waals surface area contributed by atoms with Crippen LogP contribution in [0.5, 0.6) is 0 Å². The van der Waals surface area contributed by atoms with Crippen molar-refractivity contribution in [3.63, 3.8) is 0 Å². The number of fused-ring (bicyclic) bond motifs is 17. The van der Waals surface area contributed by atoms with Crippen molar-refractivity contribution in [1.29, 1.82) is 0 Å². The van der Waals surface area contributed by atoms with Crippen LogP contribution in [0.3, 0.4) is 0 Å². The van der Waals surface area contributed by atoms with E-state index in [4.69, 9.17) is 8.83 Å². The maximum Gasteiger partial charge on any atom is 0.159 e. The first-order valence-electron chi connectivity index (χ1n) is 30.9. The number of hydrogen-bond acceptors (Lipinski definition) is 4. The van der Waals surface area contributed by atoms with Crippen LogP contribution in [0.2, 0.25) is 0 Å². The molecule has 18 rings (SSSR count). The fraction of sp³-hybridized carbons (Fsp3) is 0.190. The van der Waals surface area contributed by atoms with Crippen LogP contribution in [0, 0.1) is 0 Å². The van der Waals surface area contributed by atoms with Crippen molar-refractivity contribution < 1.29 is 8.83 Å². The van der Waals surface area contributed by atoms with E-state index in [0.717, 1.165) is 78.0 Å². The second-order valence-electron chi connectivity index (χ2n) is 25.2. The number of hydrogen-bond donors (Lipinski definition) is 0. The van der Waals surface area contributed by atoms with E-state index in [1.165, 1.54) is 146 Å². The maximum atomic E-state index is 6.89. The van der Waals surface area contributed by atoms with Gasteiger partial charge in [0.1, 0.15) is 11.2 Å². The highest BCUT2D eigenvalue weighted by Gasteiger charge is 2.39. The number of benzene rings is 11. The molecule has 4 aromatic heterocycles. The highest BCUT2D eigenvalue weighted by atomic mass is 16.3. The number of nitrogens with zero attached hydrogens (tertiary/aromatic N) is 3. The first-order valence-corrected chi connectivity index (χ1v) is 30.9. The standard InChI is InChI=1S/C79H63N3O2/c1-79(2)66-46-55(80(53-36-31-50(32-37-53)48-17-5-3-6-18-48)69-27-15-24-61-57-21-10-13-29-72(57)83-77(61)69)40-42-56(66)59-41-35-52-45-65-60-43-44-68(74-63-23-9-12-26-67(63)82(76(60)74)71(65)47-64(52)75(59)79)81(54-38-33-51(34-39-54)49-19-7-4-8-20-49)70-28-16-25-62-58-22-11-14-30-73(58)84-78(62)70/h9-16,21-49H,3-8,17-20H2,1-2H3. The molecule has 0 N–H and O–H groups in total. The maximum absolute atomic E-state index is 6.89. The van der Waals surface area contributed by atoms with E-state index in [1.807, 2.05) is 0 Å². The third-order valence-electron chi connectivity index (χ3n) is 20.3. The zero-order chi connectivity index (χ0) is 55.4. The second kappa shape index (κ2) is 18.3. The van der Waals surface area contributed by atoms with Crippen LogP contribution in [0.15, 0.2) is 221 Å². The highest BCUT2D eigenvalue weighted by Crippen LogP contribution is 2.56. The quantitative estimate of drug-likeness (QED) is 0.152. The van der Waals surface area contributed by atoms with Gasteiger partial charge in [-0.1, -0.05) is 180 Å². The second-order valence-corrected chi connectivity index (χ2v) is 25.2. The number of furan rings is 2. The Hall–Kier alpha value is -9.32. The zero-order valence-electron chi connectivity index (χ0n) is 47.6. The summed E-state index contributed by atoms with van der Waals surface area (Å²) in [6, 6.07) is 80.0. The molecule has 0 aliphatic heterocycles. The van der Waals surface area contributed by atoms with Crippen molar-refractivity contribution in [1.82, 2.24) is 4.40 Å². The molecule has 0 atom stereocenters. The third-order valence-corrected chi connectivity index (χ3v) is 20.3. The van der Waals surface area contributed by atoms with Gasteiger partial charge >= 0.3 is 0 Å². The molecule has 4 heterocycles. The summed E-state index contributed by atoms with van der Waals surface area (Å²) in [5.74, 6) is 1.24. The molecular formula is C79H63N3O2. The van der Waals surface area contributed by atoms with Crippen LogP contribution >= 0.6 is 0 Å². The number of rotatable bonds is 8. The molecule has 5 heteroatoms. The van der Waals surface area contributed by atoms with E-state index in [-0.39, 0.29) is 5.41 Å². The third kappa shape index (κ3) is 7.02. The van der Waals surface area contributed by atoms with Gasteiger partial charge in [0.2, 0.25) is 0 Å². The van der Waals surface area contributed by atoms with Crippen molar-refractivity contribution in [2.24, 2.45) is 0 Å². The Morgan fingerprint density at radius 3 is 1.58 bits per heavy atom. The lowest BCUT2D eigenvalue weighted by Gasteiger charge is -2.29. The Bertz CT molecular complexity index is 5140. The number of para-hydroxylation sites is 5. The van der Waals surface area contributed by atoms with Gasteiger partial charge in [0.25, 0.3) is 0 Å². The van der Waals surface area contributed by atoms with Crippen molar-refractivity contribution in [3.05, 3.63) is 235 Å². The first kappa shape index (κ1) is 48.2. The molecule has 84 heavy (non-hydrogen) atoms. The molecule has 406 valence electrons. The lowest BCUT2D eigenvalue weighted by Crippen LogP contribution is -2.17. The van der Waals surface area contributed by atoms with Crippen LogP contribution in [0.4, 0.5) is 34.1 Å². The molecule has 2 fully saturated rings. The number of anilines is 6. The van der Waals surface area contributed by atoms with E-state index in [1.54, 1.807) is 0 Å². The molecule has 5 nitrogen and oxygen atoms in total. The Balaban J connectivity index is 0.808. The SMILES string of the molecule is CC1(C)c2cc(N(c3ccc(C4CCCCC4)cc3)c3cccc4c3oc3ccccc34)ccc2-c2ccc3cc4c5ccc(N(c6ccc(C7CCCCC7)cc6)c6cccc7c6oc6ccccc67)c6c7ccccc7n(c4cc3c21)c56. The molecule has 0 spiro atoms. The summed E-state index contributed by atoms with van der Waals surface area (Å²) < 4.78 is 16.3. The van der Waals surface area contributed by atoms with Gasteiger partial charge in [-0.15, -0.1) is 0 Å². The molecule has 0 amide bonds. The average molecular weight is 1090 g/mol. The van der Waals surface area contributed by atoms with Gasteiger partial charge in [-0.05, 0) is 167 Å². The number of aromatic nitrogens is 1. The fourth-order valence-corrected chi connectivity index (χ4v) is 16.3. The average Bonchev–Trinajstić information content (AvgIpc) is 2.08. The van der Waals surface area contributed by atoms with Gasteiger partial charge in [0, 0.05) is 65.6 Å². The van der Waals surface area contributed by atoms with E-state index in [9.17, 15) is 0 Å². The minimum Gasteiger partial charge on any atom is -0.454 e. The molecule has 11 aromatic carbocycles. The van der Waals surface area contributed by atoms with Crippen molar-refractivity contribution in [2.75, 3.05) is 9.80 Å². The van der Waals surface area contributed by atoms with Gasteiger partial charge in [-0.2, -0.15) is 0 Å². The Labute approximate surface area is 488 Å². The Morgan fingerprint density at radius 1 is 0.393 bits per heavy atom. The summed E-state index contributed by atoms with van der Waals surface area (Å²) in [6.07, 6.45) is 13.0. The zero-order valence-corrected chi connectivity index (χ0v) is 47.6. The lowest BCUT2D eigenvalue weighted by atomic mass is 9.80. The minimum atomic E-state index is -0.326. The predicted molar refractivity (Wildman–Crippen MR) is 352 cm³/mol. The summed E-state index contributed by atoms with van der Waals surface area (Å²) in [6.45, 7) is 4.89. The van der Waals surface area contributed by atoms with Crippen LogP contribution in [-0.2, 0) is 5.41 Å². The summed E-state index contributed by atoms with van der Waals surface area (Å²) in [4.78, 5) is 4.93. The van der Waals surface area contributed by atoms with Crippen LogP contribution in [0.1, 0.15) is 112 Å². The highest BCUT2D eigenvalue weighted by molar-refractivity contribution is 6.29. The van der Waals surface area contributed by atoms with Crippen molar-refractivity contribution in [3.8, 4) is 11.1 Å². The molecule has 3 aliphatic rings. The normalized spacial score (nSPS) is 15.7. The smallest absolute Gasteiger partial charge is 0.159 e. The predicted octanol–water partition coefficient (Wildman–Crippen LogP) is 23.1. The summed E-state index contributed by atoms with van der Waals surface area (Å²) in [5.41, 5.74) is 21.8. The van der Waals surface area contributed by atoms with Crippen LogP contribution in [-0.4, -0.2) is 4.40 Å². The fourth-order valence-electron chi connectivity index (χ4n) is 16.3. The summed E-state index contributed by atoms with van der Waals surface area (Å²) in [5, 5.41) is 12.1. The van der Waals surface area contributed by atoms with Gasteiger partial charge in [0.05, 0.1) is 33.6 Å². The van der Waals surface area contributed by atoms with E-state index >= 15 is 0 Å². The topological polar surface area (TPSA) is 37.2 Å². The summed E-state index contributed by atoms with van der Waals surface area (Å²) >= 11 is 0. The van der Waals surface area contributed by atoms with Gasteiger partial charge in [-0.25, -0.2) is 0 Å². The lowest BCUT2D eigenvalue weighted by molar-refractivity contribution is 0.443. The molecule has 3 aliphatic carbocycles. The van der Waals surface area contributed by atoms with Crippen molar-refractivity contribution in [2.45, 2.75) is 95.3 Å². The van der Waals surface area contributed by atoms with Gasteiger partial charge in [0.15, 0.2) is 11.2 Å². The molecular weight excluding hydrogens is 1020 g/mol. The van der Waals surface area contributed by atoms with E-state index in [0.29, 0.717) is 11.8 Å². The summed E-state index contributed by atoms with van der Waals surface area (Å²) in [7, 11) is 0. The minimum absolute atomic E-state index is 0.326. The first-order chi connectivity index (χ1) is 41.4. The largest absolute Gasteiger partial charge is 0.454 e. The molecule has 0 bridgehead atoms. The molecule has 0 saturated heterocycles. The van der Waals surface area contributed by atoms with E-state index in [2.05, 4.69) is 240 Å². The Morgan fingerprint density at radius 2 is 0.940 bits per heavy atom. The van der Waals surface area contributed by atoms with Gasteiger partial charge in [-0.3, -0.25) is 0 Å².